The number of hydrogen-bond acceptors (Lipinski definition) is 8. The Morgan fingerprint density at radius 3 is 2.84 bits per heavy atom. The summed E-state index contributed by atoms with van der Waals surface area (Å²) < 4.78 is 12.8. The van der Waals surface area contributed by atoms with Crippen molar-refractivity contribution in [1.82, 2.24) is 14.7 Å². The highest BCUT2D eigenvalue weighted by molar-refractivity contribution is 6.38. The highest BCUT2D eigenvalue weighted by atomic mass is 16.5. The Balaban J connectivity index is 1.65. The van der Waals surface area contributed by atoms with Crippen molar-refractivity contribution in [2.45, 2.75) is 31.0 Å². The molecule has 9 nitrogen and oxygen atoms in total. The van der Waals surface area contributed by atoms with Crippen molar-refractivity contribution in [3.05, 3.63) is 65.2 Å². The first-order valence-electron chi connectivity index (χ1n) is 10.7. The van der Waals surface area contributed by atoms with Crippen molar-refractivity contribution in [3.8, 4) is 0 Å². The number of aliphatic hydroxyl groups excluding tert-OH is 1. The summed E-state index contributed by atoms with van der Waals surface area (Å²) in [4.78, 5) is 11.8. The number of nitrogens with zero attached hydrogens (tertiary/aromatic N) is 5. The Kier molecular flexibility index (Phi) is 6.57. The van der Waals surface area contributed by atoms with Crippen LogP contribution in [-0.4, -0.2) is 77.2 Å². The minimum absolute atomic E-state index is 0.00148. The zero-order valence-electron chi connectivity index (χ0n) is 18.7. The van der Waals surface area contributed by atoms with E-state index in [-0.39, 0.29) is 24.7 Å². The van der Waals surface area contributed by atoms with Gasteiger partial charge in [0, 0.05) is 55.8 Å². The van der Waals surface area contributed by atoms with Gasteiger partial charge in [-0.25, -0.2) is 4.99 Å². The molecule has 0 saturated heterocycles. The average molecular weight is 439 g/mol. The first kappa shape index (κ1) is 22.0. The number of ether oxygens (including phenoxy) is 2. The third-order valence-corrected chi connectivity index (χ3v) is 5.78. The van der Waals surface area contributed by atoms with E-state index in [0.29, 0.717) is 13.0 Å². The molecule has 0 fully saturated rings. The Bertz CT molecular complexity index is 1030. The van der Waals surface area contributed by atoms with Crippen LogP contribution in [0.1, 0.15) is 18.4 Å². The SMILES string of the molecule is COC1=CC(N(CC(N)CO)C2=CCC3N=CC(c4cnn(C)c4)=NC3=C2)CC(OC)=C1. The molecule has 9 heteroatoms. The third-order valence-electron chi connectivity index (χ3n) is 5.78. The van der Waals surface area contributed by atoms with Gasteiger partial charge in [0.05, 0.1) is 50.5 Å². The topological polar surface area (TPSA) is 110 Å². The Labute approximate surface area is 187 Å². The molecule has 0 bridgehead atoms. The van der Waals surface area contributed by atoms with Gasteiger partial charge in [-0.3, -0.25) is 9.67 Å². The molecule has 1 aromatic rings. The molecule has 0 spiro atoms. The molecule has 0 radical (unpaired) electrons. The monoisotopic (exact) mass is 438 g/mol. The number of allylic oxidation sites excluding steroid dienone is 2. The molecular formula is C23H30N6O3. The Morgan fingerprint density at radius 2 is 2.16 bits per heavy atom. The highest BCUT2D eigenvalue weighted by Gasteiger charge is 2.29. The predicted molar refractivity (Wildman–Crippen MR) is 123 cm³/mol. The maximum Gasteiger partial charge on any atom is 0.120 e. The summed E-state index contributed by atoms with van der Waals surface area (Å²) in [5.41, 5.74) is 9.79. The fourth-order valence-corrected chi connectivity index (χ4v) is 4.06. The standard InChI is InChI=1S/C23H30N6O3/c1-28-12-15(10-26-28)23-11-25-21-5-4-17(8-22(21)27-23)29(13-16(24)14-30)18-6-19(31-2)9-20(7-18)32-3/h4,6,8-12,16,18,21,30H,5,7,13-14,24H2,1-3H3. The predicted octanol–water partition coefficient (Wildman–Crippen LogP) is 1.29. The molecule has 32 heavy (non-hydrogen) atoms. The largest absolute Gasteiger partial charge is 0.501 e. The molecule has 4 rings (SSSR count). The van der Waals surface area contributed by atoms with Gasteiger partial charge in [-0.1, -0.05) is 6.08 Å². The first-order chi connectivity index (χ1) is 15.5. The summed E-state index contributed by atoms with van der Waals surface area (Å²) in [7, 11) is 5.18. The Morgan fingerprint density at radius 1 is 1.31 bits per heavy atom. The van der Waals surface area contributed by atoms with E-state index in [4.69, 9.17) is 25.2 Å². The number of nitrogens with two attached hydrogens (primary N) is 1. The number of aliphatic hydroxyl groups is 1. The summed E-state index contributed by atoms with van der Waals surface area (Å²) in [6.07, 6.45) is 15.1. The normalized spacial score (nSPS) is 23.2. The minimum atomic E-state index is -0.387. The molecule has 3 atom stereocenters. The molecule has 1 aliphatic heterocycles. The summed E-state index contributed by atoms with van der Waals surface area (Å²) in [5.74, 6) is 1.57. The van der Waals surface area contributed by atoms with Crippen LogP contribution < -0.4 is 5.73 Å². The van der Waals surface area contributed by atoms with E-state index < -0.39 is 0 Å². The van der Waals surface area contributed by atoms with Gasteiger partial charge in [-0.2, -0.15) is 5.10 Å². The number of rotatable bonds is 8. The lowest BCUT2D eigenvalue weighted by Crippen LogP contribution is -2.45. The highest BCUT2D eigenvalue weighted by Crippen LogP contribution is 2.31. The van der Waals surface area contributed by atoms with E-state index in [0.717, 1.165) is 40.6 Å². The number of fused-ring (bicyclic) bond motifs is 1. The number of methoxy groups -OCH3 is 2. The van der Waals surface area contributed by atoms with Gasteiger partial charge < -0.3 is 25.2 Å². The smallest absolute Gasteiger partial charge is 0.120 e. The molecule has 2 heterocycles. The van der Waals surface area contributed by atoms with Crippen molar-refractivity contribution in [2.24, 2.45) is 22.8 Å². The van der Waals surface area contributed by atoms with Crippen LogP contribution >= 0.6 is 0 Å². The lowest BCUT2D eigenvalue weighted by atomic mass is 9.97. The average Bonchev–Trinajstić information content (AvgIpc) is 3.27. The van der Waals surface area contributed by atoms with E-state index in [2.05, 4.69) is 28.2 Å². The Hall–Kier alpha value is -3.17. The van der Waals surface area contributed by atoms with Crippen LogP contribution in [0, 0.1) is 0 Å². The fourth-order valence-electron chi connectivity index (χ4n) is 4.06. The van der Waals surface area contributed by atoms with E-state index in [1.165, 1.54) is 0 Å². The van der Waals surface area contributed by atoms with Crippen molar-refractivity contribution >= 4 is 11.9 Å². The van der Waals surface area contributed by atoms with Crippen LogP contribution in [0.4, 0.5) is 0 Å². The summed E-state index contributed by atoms with van der Waals surface area (Å²) in [6.45, 7) is 0.380. The number of aromatic nitrogens is 2. The second kappa shape index (κ2) is 9.54. The molecular weight excluding hydrogens is 408 g/mol. The molecule has 1 aromatic heterocycles. The maximum absolute atomic E-state index is 9.62. The molecule has 0 saturated carbocycles. The van der Waals surface area contributed by atoms with Crippen LogP contribution in [0.15, 0.2) is 69.6 Å². The van der Waals surface area contributed by atoms with Crippen molar-refractivity contribution in [1.29, 1.82) is 0 Å². The van der Waals surface area contributed by atoms with Gasteiger partial charge in [0.2, 0.25) is 0 Å². The number of aryl methyl sites for hydroxylation is 1. The molecule has 3 N–H and O–H groups in total. The first-order valence-corrected chi connectivity index (χ1v) is 10.7. The second-order valence-corrected chi connectivity index (χ2v) is 8.08. The quantitative estimate of drug-likeness (QED) is 0.633. The van der Waals surface area contributed by atoms with Crippen LogP contribution in [-0.2, 0) is 16.5 Å². The van der Waals surface area contributed by atoms with Gasteiger partial charge >= 0.3 is 0 Å². The lowest BCUT2D eigenvalue weighted by Gasteiger charge is -2.38. The molecule has 0 amide bonds. The fraction of sp³-hybridized carbons (Fsp3) is 0.435. The molecule has 3 unspecified atom stereocenters. The third kappa shape index (κ3) is 4.68. The van der Waals surface area contributed by atoms with E-state index in [9.17, 15) is 5.11 Å². The number of hydrogen-bond donors (Lipinski definition) is 2. The molecule has 2 aliphatic carbocycles. The van der Waals surface area contributed by atoms with Gasteiger partial charge in [0.15, 0.2) is 0 Å². The van der Waals surface area contributed by atoms with Gasteiger partial charge in [-0.15, -0.1) is 0 Å². The van der Waals surface area contributed by atoms with Crippen molar-refractivity contribution in [2.75, 3.05) is 27.4 Å². The van der Waals surface area contributed by atoms with Gasteiger partial charge in [0.25, 0.3) is 0 Å². The van der Waals surface area contributed by atoms with Crippen molar-refractivity contribution < 1.29 is 14.6 Å². The van der Waals surface area contributed by atoms with E-state index >= 15 is 0 Å². The summed E-state index contributed by atoms with van der Waals surface area (Å²) >= 11 is 0. The van der Waals surface area contributed by atoms with Gasteiger partial charge in [-0.05, 0) is 18.6 Å². The van der Waals surface area contributed by atoms with E-state index in [1.807, 2.05) is 25.5 Å². The van der Waals surface area contributed by atoms with E-state index in [1.54, 1.807) is 25.1 Å². The molecule has 170 valence electrons. The zero-order valence-corrected chi connectivity index (χ0v) is 18.7. The zero-order chi connectivity index (χ0) is 22.7. The lowest BCUT2D eigenvalue weighted by molar-refractivity contribution is 0.185. The summed E-state index contributed by atoms with van der Waals surface area (Å²) in [6, 6.07) is -0.420. The van der Waals surface area contributed by atoms with Gasteiger partial charge in [0.1, 0.15) is 11.5 Å². The maximum atomic E-state index is 9.62. The second-order valence-electron chi connectivity index (χ2n) is 8.08. The molecule has 3 aliphatic rings. The molecule has 0 aromatic carbocycles. The minimum Gasteiger partial charge on any atom is -0.501 e. The van der Waals surface area contributed by atoms with Crippen LogP contribution in [0.5, 0.6) is 0 Å². The van der Waals surface area contributed by atoms with Crippen LogP contribution in [0.3, 0.4) is 0 Å². The van der Waals surface area contributed by atoms with Crippen LogP contribution in [0.2, 0.25) is 0 Å². The summed E-state index contributed by atoms with van der Waals surface area (Å²) in [5, 5.41) is 13.8. The van der Waals surface area contributed by atoms with Crippen molar-refractivity contribution in [3.63, 3.8) is 0 Å². The number of aliphatic imine (C=N–C) groups is 2. The van der Waals surface area contributed by atoms with Crippen LogP contribution in [0.25, 0.3) is 0 Å².